The van der Waals surface area contributed by atoms with Gasteiger partial charge >= 0.3 is 0 Å². The van der Waals surface area contributed by atoms with Gasteiger partial charge in [-0.15, -0.1) is 0 Å². The van der Waals surface area contributed by atoms with Crippen LogP contribution in [0.2, 0.25) is 0 Å². The van der Waals surface area contributed by atoms with Gasteiger partial charge in [0.25, 0.3) is 0 Å². The normalized spacial score (nSPS) is 28.0. The number of hydrogen-bond donors (Lipinski definition) is 2. The summed E-state index contributed by atoms with van der Waals surface area (Å²) in [4.78, 5) is 4.40. The molecule has 4 heteroatoms. The van der Waals surface area contributed by atoms with E-state index in [0.717, 1.165) is 43.9 Å². The molecular weight excluding hydrogens is 274 g/mol. The summed E-state index contributed by atoms with van der Waals surface area (Å²) in [7, 11) is 3.67. The molecule has 0 aromatic heterocycles. The first kappa shape index (κ1) is 17.6. The predicted molar refractivity (Wildman–Crippen MR) is 93.3 cm³/mol. The lowest BCUT2D eigenvalue weighted by molar-refractivity contribution is 0.0732. The topological polar surface area (TPSA) is 45.7 Å². The van der Waals surface area contributed by atoms with Crippen molar-refractivity contribution in [2.24, 2.45) is 22.2 Å². The van der Waals surface area contributed by atoms with Crippen LogP contribution in [0, 0.1) is 17.3 Å². The molecule has 22 heavy (non-hydrogen) atoms. The van der Waals surface area contributed by atoms with Crippen LogP contribution >= 0.6 is 0 Å². The summed E-state index contributed by atoms with van der Waals surface area (Å²) in [6.07, 6.45) is 10.7. The molecule has 2 aliphatic rings. The van der Waals surface area contributed by atoms with E-state index in [9.17, 15) is 0 Å². The highest BCUT2D eigenvalue weighted by molar-refractivity contribution is 5.79. The number of hydrogen-bond acceptors (Lipinski definition) is 2. The maximum atomic E-state index is 5.27. The third kappa shape index (κ3) is 5.15. The minimum atomic E-state index is 0.437. The molecule has 2 atom stereocenters. The van der Waals surface area contributed by atoms with Crippen LogP contribution in [0.4, 0.5) is 0 Å². The molecule has 0 radical (unpaired) electrons. The number of guanidine groups is 1. The molecule has 0 bridgehead atoms. The van der Waals surface area contributed by atoms with Gasteiger partial charge < -0.3 is 15.4 Å². The van der Waals surface area contributed by atoms with E-state index in [2.05, 4.69) is 22.5 Å². The van der Waals surface area contributed by atoms with E-state index in [1.807, 2.05) is 7.05 Å². The predicted octanol–water partition coefficient (Wildman–Crippen LogP) is 3.18. The Balaban J connectivity index is 1.70. The van der Waals surface area contributed by atoms with Gasteiger partial charge in [-0.05, 0) is 49.4 Å². The fourth-order valence-corrected chi connectivity index (χ4v) is 3.99. The molecule has 0 saturated heterocycles. The van der Waals surface area contributed by atoms with Crippen LogP contribution < -0.4 is 10.6 Å². The van der Waals surface area contributed by atoms with Gasteiger partial charge in [0.05, 0.1) is 0 Å². The SMILES string of the molecule is CN=C(NCC1CCCC(C)C1)NCC1(CCOC)CCC1. The second kappa shape index (κ2) is 8.76. The van der Waals surface area contributed by atoms with Gasteiger partial charge in [-0.1, -0.05) is 26.2 Å². The number of methoxy groups -OCH3 is 1. The van der Waals surface area contributed by atoms with Gasteiger partial charge in [0.1, 0.15) is 0 Å². The summed E-state index contributed by atoms with van der Waals surface area (Å²) in [5.41, 5.74) is 0.437. The van der Waals surface area contributed by atoms with Crippen LogP contribution in [0.3, 0.4) is 0 Å². The lowest BCUT2D eigenvalue weighted by atomic mass is 9.67. The van der Waals surface area contributed by atoms with Crippen molar-refractivity contribution < 1.29 is 4.74 Å². The zero-order valence-electron chi connectivity index (χ0n) is 14.8. The summed E-state index contributed by atoms with van der Waals surface area (Å²) in [5.74, 6) is 2.68. The number of aliphatic imine (C=N–C) groups is 1. The van der Waals surface area contributed by atoms with Gasteiger partial charge in [0, 0.05) is 33.9 Å². The van der Waals surface area contributed by atoms with Gasteiger partial charge in [0.15, 0.2) is 5.96 Å². The van der Waals surface area contributed by atoms with Gasteiger partial charge in [-0.3, -0.25) is 4.99 Å². The molecule has 128 valence electrons. The van der Waals surface area contributed by atoms with Crippen molar-refractivity contribution >= 4 is 5.96 Å². The Kier molecular flexibility index (Phi) is 7.00. The molecule has 2 fully saturated rings. The molecular formula is C18H35N3O. The van der Waals surface area contributed by atoms with Crippen LogP contribution in [0.1, 0.15) is 58.3 Å². The summed E-state index contributed by atoms with van der Waals surface area (Å²) in [6.45, 7) is 5.34. The lowest BCUT2D eigenvalue weighted by Gasteiger charge is -2.42. The molecule has 0 amide bonds. The van der Waals surface area contributed by atoms with Crippen LogP contribution in [0.25, 0.3) is 0 Å². The van der Waals surface area contributed by atoms with E-state index >= 15 is 0 Å². The molecule has 4 nitrogen and oxygen atoms in total. The summed E-state index contributed by atoms with van der Waals surface area (Å²) in [6, 6.07) is 0. The Morgan fingerprint density at radius 1 is 1.23 bits per heavy atom. The maximum absolute atomic E-state index is 5.27. The first-order valence-electron chi connectivity index (χ1n) is 9.11. The smallest absolute Gasteiger partial charge is 0.191 e. The fraction of sp³-hybridized carbons (Fsp3) is 0.944. The van der Waals surface area contributed by atoms with Crippen LogP contribution in [-0.2, 0) is 4.74 Å². The number of rotatable bonds is 7. The molecule has 2 unspecified atom stereocenters. The second-order valence-corrected chi connectivity index (χ2v) is 7.54. The fourth-order valence-electron chi connectivity index (χ4n) is 3.99. The highest BCUT2D eigenvalue weighted by atomic mass is 16.5. The summed E-state index contributed by atoms with van der Waals surface area (Å²) >= 11 is 0. The third-order valence-corrected chi connectivity index (χ3v) is 5.71. The van der Waals surface area contributed by atoms with Gasteiger partial charge in [-0.25, -0.2) is 0 Å². The Labute approximate surface area is 136 Å². The van der Waals surface area contributed by atoms with Crippen molar-refractivity contribution in [3.05, 3.63) is 0 Å². The third-order valence-electron chi connectivity index (χ3n) is 5.71. The van der Waals surface area contributed by atoms with E-state index in [1.165, 1.54) is 44.9 Å². The van der Waals surface area contributed by atoms with Crippen LogP contribution in [0.5, 0.6) is 0 Å². The lowest BCUT2D eigenvalue weighted by Crippen LogP contribution is -2.47. The number of ether oxygens (including phenoxy) is 1. The minimum absolute atomic E-state index is 0.437. The quantitative estimate of drug-likeness (QED) is 0.561. The molecule has 2 aliphatic carbocycles. The van der Waals surface area contributed by atoms with E-state index < -0.39 is 0 Å². The van der Waals surface area contributed by atoms with Crippen molar-refractivity contribution in [3.63, 3.8) is 0 Å². The highest BCUT2D eigenvalue weighted by Crippen LogP contribution is 2.43. The molecule has 0 aliphatic heterocycles. The molecule has 0 aromatic rings. The average molecular weight is 309 g/mol. The second-order valence-electron chi connectivity index (χ2n) is 7.54. The van der Waals surface area contributed by atoms with Crippen molar-refractivity contribution in [1.82, 2.24) is 10.6 Å². The first-order chi connectivity index (χ1) is 10.7. The molecule has 0 spiro atoms. The zero-order valence-corrected chi connectivity index (χ0v) is 14.8. The standard InChI is InChI=1S/C18H35N3O/c1-15-6-4-7-16(12-15)13-20-17(19-2)21-14-18(8-5-9-18)10-11-22-3/h15-16H,4-14H2,1-3H3,(H2,19,20,21). The average Bonchev–Trinajstić information content (AvgIpc) is 2.48. The molecule has 2 saturated carbocycles. The molecule has 0 aromatic carbocycles. The Hall–Kier alpha value is -0.770. The summed E-state index contributed by atoms with van der Waals surface area (Å²) < 4.78 is 5.27. The van der Waals surface area contributed by atoms with Gasteiger partial charge in [0.2, 0.25) is 0 Å². The Bertz CT molecular complexity index is 352. The summed E-state index contributed by atoms with van der Waals surface area (Å²) in [5, 5.41) is 7.10. The van der Waals surface area contributed by atoms with Crippen molar-refractivity contribution in [2.45, 2.75) is 58.3 Å². The van der Waals surface area contributed by atoms with E-state index in [4.69, 9.17) is 4.74 Å². The van der Waals surface area contributed by atoms with Crippen LogP contribution in [0.15, 0.2) is 4.99 Å². The largest absolute Gasteiger partial charge is 0.385 e. The Morgan fingerprint density at radius 2 is 2.05 bits per heavy atom. The molecule has 2 rings (SSSR count). The maximum Gasteiger partial charge on any atom is 0.191 e. The monoisotopic (exact) mass is 309 g/mol. The van der Waals surface area contributed by atoms with E-state index in [0.29, 0.717) is 5.41 Å². The number of nitrogens with zero attached hydrogens (tertiary/aromatic N) is 1. The van der Waals surface area contributed by atoms with Crippen molar-refractivity contribution in [3.8, 4) is 0 Å². The molecule has 2 N–H and O–H groups in total. The van der Waals surface area contributed by atoms with Gasteiger partial charge in [-0.2, -0.15) is 0 Å². The zero-order chi connectivity index (χ0) is 15.8. The highest BCUT2D eigenvalue weighted by Gasteiger charge is 2.36. The number of nitrogens with one attached hydrogen (secondary N) is 2. The Morgan fingerprint density at radius 3 is 2.64 bits per heavy atom. The minimum Gasteiger partial charge on any atom is -0.385 e. The van der Waals surface area contributed by atoms with E-state index in [-0.39, 0.29) is 0 Å². The van der Waals surface area contributed by atoms with E-state index in [1.54, 1.807) is 7.11 Å². The molecule has 0 heterocycles. The van der Waals surface area contributed by atoms with Crippen molar-refractivity contribution in [2.75, 3.05) is 33.9 Å². The van der Waals surface area contributed by atoms with Crippen LogP contribution in [-0.4, -0.2) is 39.8 Å². The van der Waals surface area contributed by atoms with Crippen molar-refractivity contribution in [1.29, 1.82) is 0 Å². The first-order valence-corrected chi connectivity index (χ1v) is 9.11.